The minimum Gasteiger partial charge on any atom is -0.453 e. The number of nitrogens with zero attached hydrogens (tertiary/aromatic N) is 1. The fraction of sp³-hybridized carbons (Fsp3) is 0.500. The van der Waals surface area contributed by atoms with Gasteiger partial charge in [-0.3, -0.25) is 5.32 Å². The zero-order valence-corrected chi connectivity index (χ0v) is 13.1. The van der Waals surface area contributed by atoms with Crippen molar-refractivity contribution < 1.29 is 17.9 Å². The number of hydrogen-bond acceptors (Lipinski definition) is 4. The molecule has 0 atom stereocenters. The first kappa shape index (κ1) is 15.8. The molecule has 1 amide bonds. The molecule has 1 aliphatic heterocycles. The maximum absolute atomic E-state index is 12.8. The summed E-state index contributed by atoms with van der Waals surface area (Å²) in [5.41, 5.74) is 1.07. The van der Waals surface area contributed by atoms with E-state index in [1.54, 1.807) is 18.2 Å². The van der Waals surface area contributed by atoms with Gasteiger partial charge in [0.05, 0.1) is 12.8 Å². The second kappa shape index (κ2) is 6.44. The number of sulfonamides is 1. The Kier molecular flexibility index (Phi) is 4.84. The van der Waals surface area contributed by atoms with E-state index in [2.05, 4.69) is 10.1 Å². The quantitative estimate of drug-likeness (QED) is 0.929. The molecule has 1 aromatic rings. The number of piperidine rings is 1. The van der Waals surface area contributed by atoms with Crippen LogP contribution in [0.4, 0.5) is 10.5 Å². The van der Waals surface area contributed by atoms with Crippen LogP contribution in [0.3, 0.4) is 0 Å². The van der Waals surface area contributed by atoms with Crippen molar-refractivity contribution in [3.63, 3.8) is 0 Å². The molecule has 116 valence electrons. The van der Waals surface area contributed by atoms with Gasteiger partial charge in [0.1, 0.15) is 4.90 Å². The van der Waals surface area contributed by atoms with E-state index in [9.17, 15) is 13.2 Å². The number of amides is 1. The van der Waals surface area contributed by atoms with Crippen molar-refractivity contribution in [2.45, 2.75) is 31.1 Å². The SMILES string of the molecule is COC(=O)Nc1ccc(C)cc1S(=O)(=O)N1CCCCC1. The van der Waals surface area contributed by atoms with Crippen molar-refractivity contribution in [2.75, 3.05) is 25.5 Å². The van der Waals surface area contributed by atoms with E-state index >= 15 is 0 Å². The minimum absolute atomic E-state index is 0.120. The lowest BCUT2D eigenvalue weighted by Gasteiger charge is -2.27. The summed E-state index contributed by atoms with van der Waals surface area (Å²) in [6, 6.07) is 4.92. The average molecular weight is 312 g/mol. The Morgan fingerprint density at radius 3 is 2.52 bits per heavy atom. The predicted molar refractivity (Wildman–Crippen MR) is 79.8 cm³/mol. The first-order valence-corrected chi connectivity index (χ1v) is 8.35. The summed E-state index contributed by atoms with van der Waals surface area (Å²) in [6.45, 7) is 2.86. The van der Waals surface area contributed by atoms with E-state index in [0.717, 1.165) is 24.8 Å². The molecule has 1 aliphatic rings. The number of methoxy groups -OCH3 is 1. The lowest BCUT2D eigenvalue weighted by Crippen LogP contribution is -2.36. The van der Waals surface area contributed by atoms with Crippen molar-refractivity contribution in [1.29, 1.82) is 0 Å². The molecule has 1 saturated heterocycles. The fourth-order valence-electron chi connectivity index (χ4n) is 2.35. The molecule has 0 radical (unpaired) electrons. The van der Waals surface area contributed by atoms with Gasteiger partial charge in [0.2, 0.25) is 10.0 Å². The number of nitrogens with one attached hydrogen (secondary N) is 1. The van der Waals surface area contributed by atoms with Crippen LogP contribution in [0.2, 0.25) is 0 Å². The molecule has 21 heavy (non-hydrogen) atoms. The smallest absolute Gasteiger partial charge is 0.411 e. The van der Waals surface area contributed by atoms with Gasteiger partial charge in [0, 0.05) is 13.1 Å². The van der Waals surface area contributed by atoms with Crippen molar-refractivity contribution in [3.8, 4) is 0 Å². The number of aryl methyl sites for hydroxylation is 1. The van der Waals surface area contributed by atoms with E-state index < -0.39 is 16.1 Å². The molecular formula is C14H20N2O4S. The lowest BCUT2D eigenvalue weighted by molar-refractivity contribution is 0.187. The van der Waals surface area contributed by atoms with E-state index in [1.165, 1.54) is 11.4 Å². The highest BCUT2D eigenvalue weighted by atomic mass is 32.2. The van der Waals surface area contributed by atoms with Gasteiger partial charge in [-0.2, -0.15) is 4.31 Å². The Hall–Kier alpha value is -1.60. The van der Waals surface area contributed by atoms with Gasteiger partial charge in [-0.05, 0) is 37.5 Å². The molecule has 2 rings (SSSR count). The number of carbonyl (C=O) groups is 1. The van der Waals surface area contributed by atoms with Gasteiger partial charge in [0.25, 0.3) is 0 Å². The summed E-state index contributed by atoms with van der Waals surface area (Å²) >= 11 is 0. The molecule has 0 aromatic heterocycles. The molecule has 0 unspecified atom stereocenters. The van der Waals surface area contributed by atoms with Crippen molar-refractivity contribution >= 4 is 21.8 Å². The summed E-state index contributed by atoms with van der Waals surface area (Å²) in [4.78, 5) is 11.5. The monoisotopic (exact) mass is 312 g/mol. The Balaban J connectivity index is 2.40. The van der Waals surface area contributed by atoms with E-state index in [1.807, 2.05) is 6.92 Å². The first-order valence-electron chi connectivity index (χ1n) is 6.91. The Morgan fingerprint density at radius 2 is 1.90 bits per heavy atom. The van der Waals surface area contributed by atoms with Crippen LogP contribution in [-0.2, 0) is 14.8 Å². The number of rotatable bonds is 3. The fourth-order valence-corrected chi connectivity index (χ4v) is 4.10. The number of benzene rings is 1. The molecule has 1 aromatic carbocycles. The average Bonchev–Trinajstić information content (AvgIpc) is 2.49. The summed E-state index contributed by atoms with van der Waals surface area (Å²) in [7, 11) is -2.37. The van der Waals surface area contributed by atoms with Crippen molar-refractivity contribution in [2.24, 2.45) is 0 Å². The Bertz CT molecular complexity index is 622. The topological polar surface area (TPSA) is 75.7 Å². The summed E-state index contributed by atoms with van der Waals surface area (Å²) in [5, 5.41) is 2.47. The van der Waals surface area contributed by atoms with Crippen molar-refractivity contribution in [1.82, 2.24) is 4.31 Å². The number of hydrogen-bond donors (Lipinski definition) is 1. The summed E-state index contributed by atoms with van der Waals surface area (Å²) in [6.07, 6.45) is 2.09. The van der Waals surface area contributed by atoms with Crippen LogP contribution in [0.25, 0.3) is 0 Å². The van der Waals surface area contributed by atoms with Crippen LogP contribution >= 0.6 is 0 Å². The van der Waals surface area contributed by atoms with Gasteiger partial charge >= 0.3 is 6.09 Å². The molecule has 0 saturated carbocycles. The standard InChI is InChI=1S/C14H20N2O4S/c1-11-6-7-12(15-14(17)20-2)13(10-11)21(18,19)16-8-4-3-5-9-16/h6-7,10H,3-5,8-9H2,1-2H3,(H,15,17). The van der Waals surface area contributed by atoms with Gasteiger partial charge in [0.15, 0.2) is 0 Å². The lowest BCUT2D eigenvalue weighted by atomic mass is 10.2. The second-order valence-corrected chi connectivity index (χ2v) is 6.99. The van der Waals surface area contributed by atoms with Crippen LogP contribution in [0.15, 0.2) is 23.1 Å². The molecule has 0 bridgehead atoms. The third kappa shape index (κ3) is 3.54. The third-order valence-electron chi connectivity index (χ3n) is 3.49. The molecule has 6 nitrogen and oxygen atoms in total. The highest BCUT2D eigenvalue weighted by Gasteiger charge is 2.28. The van der Waals surface area contributed by atoms with Gasteiger partial charge in [-0.15, -0.1) is 0 Å². The number of carbonyl (C=O) groups excluding carboxylic acids is 1. The maximum atomic E-state index is 12.8. The first-order chi connectivity index (χ1) is 9.95. The van der Waals surface area contributed by atoms with Crippen LogP contribution in [0.1, 0.15) is 24.8 Å². The van der Waals surface area contributed by atoms with Crippen LogP contribution in [-0.4, -0.2) is 39.0 Å². The third-order valence-corrected chi connectivity index (χ3v) is 5.43. The zero-order valence-electron chi connectivity index (χ0n) is 12.3. The van der Waals surface area contributed by atoms with E-state index in [-0.39, 0.29) is 10.6 Å². The van der Waals surface area contributed by atoms with Gasteiger partial charge in [-0.1, -0.05) is 12.5 Å². The largest absolute Gasteiger partial charge is 0.453 e. The normalized spacial score (nSPS) is 16.5. The predicted octanol–water partition coefficient (Wildman–Crippen LogP) is 2.35. The van der Waals surface area contributed by atoms with Crippen LogP contribution in [0, 0.1) is 6.92 Å². The highest BCUT2D eigenvalue weighted by Crippen LogP contribution is 2.28. The minimum atomic E-state index is -3.61. The highest BCUT2D eigenvalue weighted by molar-refractivity contribution is 7.89. The molecule has 1 N–H and O–H groups in total. The summed E-state index contributed by atoms with van der Waals surface area (Å²) < 4.78 is 31.5. The van der Waals surface area contributed by atoms with E-state index in [0.29, 0.717) is 13.1 Å². The number of ether oxygens (including phenoxy) is 1. The summed E-state index contributed by atoms with van der Waals surface area (Å²) in [5.74, 6) is 0. The molecule has 0 aliphatic carbocycles. The molecule has 1 fully saturated rings. The zero-order chi connectivity index (χ0) is 15.5. The Morgan fingerprint density at radius 1 is 1.24 bits per heavy atom. The Labute approximate surface area is 125 Å². The van der Waals surface area contributed by atoms with Gasteiger partial charge < -0.3 is 4.74 Å². The number of anilines is 1. The molecule has 1 heterocycles. The van der Waals surface area contributed by atoms with Gasteiger partial charge in [-0.25, -0.2) is 13.2 Å². The molecule has 7 heteroatoms. The van der Waals surface area contributed by atoms with Crippen LogP contribution in [0.5, 0.6) is 0 Å². The second-order valence-electron chi connectivity index (χ2n) is 5.08. The molecule has 0 spiro atoms. The molecular weight excluding hydrogens is 292 g/mol. The van der Waals surface area contributed by atoms with Crippen molar-refractivity contribution in [3.05, 3.63) is 23.8 Å². The maximum Gasteiger partial charge on any atom is 0.411 e. The van der Waals surface area contributed by atoms with E-state index in [4.69, 9.17) is 0 Å². The van der Waals surface area contributed by atoms with Crippen LogP contribution < -0.4 is 5.32 Å².